The van der Waals surface area contributed by atoms with E-state index < -0.39 is 29.1 Å². The first-order valence-corrected chi connectivity index (χ1v) is 9.64. The summed E-state index contributed by atoms with van der Waals surface area (Å²) < 4.78 is 40.8. The summed E-state index contributed by atoms with van der Waals surface area (Å²) in [6, 6.07) is 4.41. The number of amides is 1. The SMILES string of the molecule is Cc1c(C=CN2CCN(C(=O)S)CC2)c(O)n(-c2ccc(C#N)c(C(F)(F)F)c2)c1O. The molecule has 0 spiro atoms. The zero-order valence-electron chi connectivity index (χ0n) is 16.4. The van der Waals surface area contributed by atoms with E-state index in [4.69, 9.17) is 5.26 Å². The van der Waals surface area contributed by atoms with Crippen molar-refractivity contribution in [3.05, 3.63) is 46.7 Å². The van der Waals surface area contributed by atoms with Crippen molar-refractivity contribution in [3.8, 4) is 23.5 Å². The smallest absolute Gasteiger partial charge is 0.417 e. The van der Waals surface area contributed by atoms with Crippen LogP contribution in [0.3, 0.4) is 0 Å². The average Bonchev–Trinajstić information content (AvgIpc) is 2.94. The fourth-order valence-electron chi connectivity index (χ4n) is 3.37. The molecule has 2 heterocycles. The number of carbonyl (C=O) groups excluding carboxylic acids is 1. The van der Waals surface area contributed by atoms with Crippen LogP contribution in [0.15, 0.2) is 24.4 Å². The Morgan fingerprint density at radius 2 is 1.84 bits per heavy atom. The van der Waals surface area contributed by atoms with Crippen molar-refractivity contribution in [2.24, 2.45) is 0 Å². The van der Waals surface area contributed by atoms with E-state index in [-0.39, 0.29) is 22.1 Å². The predicted octanol–water partition coefficient (Wildman–Crippen LogP) is 3.73. The number of hydrogen-bond donors (Lipinski definition) is 3. The number of nitrogens with zero attached hydrogens (tertiary/aromatic N) is 4. The molecule has 1 aliphatic heterocycles. The Hall–Kier alpha value is -3.26. The predicted molar refractivity (Wildman–Crippen MR) is 110 cm³/mol. The molecule has 1 amide bonds. The highest BCUT2D eigenvalue weighted by Crippen LogP contribution is 2.39. The first-order chi connectivity index (χ1) is 14.5. The van der Waals surface area contributed by atoms with Crippen molar-refractivity contribution in [1.82, 2.24) is 14.4 Å². The Bertz CT molecular complexity index is 1080. The molecule has 0 unspecified atom stereocenters. The van der Waals surface area contributed by atoms with Crippen LogP contribution in [0.1, 0.15) is 22.3 Å². The molecule has 1 saturated heterocycles. The minimum absolute atomic E-state index is 0.134. The van der Waals surface area contributed by atoms with Gasteiger partial charge in [-0.3, -0.25) is 9.36 Å². The quantitative estimate of drug-likeness (QED) is 0.618. The number of hydrogen-bond acceptors (Lipinski definition) is 5. The van der Waals surface area contributed by atoms with Crippen molar-refractivity contribution in [2.75, 3.05) is 26.2 Å². The summed E-state index contributed by atoms with van der Waals surface area (Å²) in [5.74, 6) is -0.853. The van der Waals surface area contributed by atoms with Crippen molar-refractivity contribution < 1.29 is 28.2 Å². The molecule has 7 nitrogen and oxygen atoms in total. The number of aromatic hydroxyl groups is 2. The molecular weight excluding hydrogens is 433 g/mol. The third-order valence-corrected chi connectivity index (χ3v) is 5.41. The minimum Gasteiger partial charge on any atom is -0.494 e. The molecule has 1 fully saturated rings. The first-order valence-electron chi connectivity index (χ1n) is 9.19. The topological polar surface area (TPSA) is 92.7 Å². The maximum absolute atomic E-state index is 13.3. The van der Waals surface area contributed by atoms with Crippen LogP contribution in [-0.2, 0) is 6.18 Å². The average molecular weight is 452 g/mol. The van der Waals surface area contributed by atoms with Gasteiger partial charge in [-0.2, -0.15) is 18.4 Å². The van der Waals surface area contributed by atoms with Crippen molar-refractivity contribution >= 4 is 23.9 Å². The molecular formula is C20H19F3N4O3S. The fraction of sp³-hybridized carbons (Fsp3) is 0.300. The van der Waals surface area contributed by atoms with E-state index in [0.29, 0.717) is 32.2 Å². The summed E-state index contributed by atoms with van der Waals surface area (Å²) in [5.41, 5.74) is -1.34. The Balaban J connectivity index is 1.93. The van der Waals surface area contributed by atoms with Gasteiger partial charge < -0.3 is 20.0 Å². The van der Waals surface area contributed by atoms with Gasteiger partial charge >= 0.3 is 6.18 Å². The number of carbonyl (C=O) groups is 1. The summed E-state index contributed by atoms with van der Waals surface area (Å²) in [4.78, 5) is 14.8. The largest absolute Gasteiger partial charge is 0.494 e. The molecule has 164 valence electrons. The summed E-state index contributed by atoms with van der Waals surface area (Å²) in [5, 5.41) is 29.7. The molecule has 0 bridgehead atoms. The van der Waals surface area contributed by atoms with E-state index in [0.717, 1.165) is 10.6 Å². The van der Waals surface area contributed by atoms with Crippen LogP contribution < -0.4 is 0 Å². The molecule has 0 radical (unpaired) electrons. The minimum atomic E-state index is -4.77. The molecule has 0 saturated carbocycles. The molecule has 31 heavy (non-hydrogen) atoms. The lowest BCUT2D eigenvalue weighted by Gasteiger charge is -2.33. The molecule has 1 aromatic carbocycles. The van der Waals surface area contributed by atoms with Crippen LogP contribution in [0.5, 0.6) is 11.8 Å². The molecule has 0 atom stereocenters. The van der Waals surface area contributed by atoms with Gasteiger partial charge in [-0.15, -0.1) is 0 Å². The number of halogens is 3. The van der Waals surface area contributed by atoms with Gasteiger partial charge in [0.1, 0.15) is 0 Å². The number of benzene rings is 1. The van der Waals surface area contributed by atoms with E-state index in [1.54, 1.807) is 17.2 Å². The van der Waals surface area contributed by atoms with Crippen LogP contribution in [0.25, 0.3) is 11.8 Å². The van der Waals surface area contributed by atoms with Crippen molar-refractivity contribution in [2.45, 2.75) is 13.1 Å². The number of nitriles is 1. The summed E-state index contributed by atoms with van der Waals surface area (Å²) in [6.45, 7) is 3.57. The maximum Gasteiger partial charge on any atom is 0.417 e. The number of alkyl halides is 3. The van der Waals surface area contributed by atoms with Crippen LogP contribution in [0, 0.1) is 18.3 Å². The second-order valence-corrected chi connectivity index (χ2v) is 7.36. The van der Waals surface area contributed by atoms with E-state index in [9.17, 15) is 28.2 Å². The Morgan fingerprint density at radius 1 is 1.19 bits per heavy atom. The van der Waals surface area contributed by atoms with Crippen LogP contribution in [0.2, 0.25) is 0 Å². The molecule has 2 aromatic rings. The summed E-state index contributed by atoms with van der Waals surface area (Å²) >= 11 is 3.79. The van der Waals surface area contributed by atoms with Gasteiger partial charge in [0.25, 0.3) is 5.24 Å². The molecule has 3 rings (SSSR count). The zero-order chi connectivity index (χ0) is 22.9. The number of rotatable bonds is 3. The second-order valence-electron chi connectivity index (χ2n) is 6.98. The normalized spacial score (nSPS) is 14.8. The van der Waals surface area contributed by atoms with Gasteiger partial charge in [0.05, 0.1) is 22.9 Å². The fourth-order valence-corrected chi connectivity index (χ4v) is 3.57. The molecule has 11 heteroatoms. The van der Waals surface area contributed by atoms with E-state index in [1.165, 1.54) is 19.1 Å². The molecule has 2 N–H and O–H groups in total. The Morgan fingerprint density at radius 3 is 2.39 bits per heavy atom. The zero-order valence-corrected chi connectivity index (χ0v) is 17.3. The van der Waals surface area contributed by atoms with E-state index >= 15 is 0 Å². The van der Waals surface area contributed by atoms with Gasteiger partial charge in [-0.25, -0.2) is 0 Å². The maximum atomic E-state index is 13.3. The van der Waals surface area contributed by atoms with Gasteiger partial charge in [-0.05, 0) is 37.4 Å². The Kier molecular flexibility index (Phi) is 6.13. The lowest BCUT2D eigenvalue weighted by atomic mass is 10.1. The van der Waals surface area contributed by atoms with Gasteiger partial charge in [0.2, 0.25) is 11.8 Å². The van der Waals surface area contributed by atoms with Crippen molar-refractivity contribution in [1.29, 1.82) is 5.26 Å². The number of piperazine rings is 1. The number of aromatic nitrogens is 1. The van der Waals surface area contributed by atoms with Crippen molar-refractivity contribution in [3.63, 3.8) is 0 Å². The third kappa shape index (κ3) is 4.44. The lowest BCUT2D eigenvalue weighted by Crippen LogP contribution is -2.44. The Labute approximate surface area is 181 Å². The highest BCUT2D eigenvalue weighted by Gasteiger charge is 2.34. The van der Waals surface area contributed by atoms with Crippen LogP contribution >= 0.6 is 12.6 Å². The van der Waals surface area contributed by atoms with Gasteiger partial charge in [0, 0.05) is 37.3 Å². The molecule has 1 aliphatic rings. The van der Waals surface area contributed by atoms with E-state index in [1.807, 2.05) is 4.90 Å². The summed E-state index contributed by atoms with van der Waals surface area (Å²) in [6.07, 6.45) is -1.53. The number of thiol groups is 1. The first kappa shape index (κ1) is 22.4. The van der Waals surface area contributed by atoms with E-state index in [2.05, 4.69) is 12.6 Å². The monoisotopic (exact) mass is 452 g/mol. The summed E-state index contributed by atoms with van der Waals surface area (Å²) in [7, 11) is 0. The molecule has 0 aliphatic carbocycles. The van der Waals surface area contributed by atoms with Crippen LogP contribution in [-0.4, -0.2) is 56.0 Å². The second kappa shape index (κ2) is 8.47. The lowest BCUT2D eigenvalue weighted by molar-refractivity contribution is -0.137. The standard InChI is InChI=1S/C20H19F3N4O3S/c1-12-15(4-5-25-6-8-26(9-7-25)19(30)31)18(29)27(17(12)28)14-3-2-13(11-24)16(10-14)20(21,22)23/h2-5,10,28-29H,6-9H2,1H3,(H,30,31). The highest BCUT2D eigenvalue weighted by atomic mass is 32.1. The van der Waals surface area contributed by atoms with Gasteiger partial charge in [-0.1, -0.05) is 12.6 Å². The highest BCUT2D eigenvalue weighted by molar-refractivity contribution is 7.96. The van der Waals surface area contributed by atoms with Gasteiger partial charge in [0.15, 0.2) is 0 Å². The van der Waals surface area contributed by atoms with Crippen LogP contribution in [0.4, 0.5) is 18.0 Å². The molecule has 1 aromatic heterocycles. The third-order valence-electron chi connectivity index (χ3n) is 5.13.